The van der Waals surface area contributed by atoms with Crippen LogP contribution in [0.5, 0.6) is 0 Å². The van der Waals surface area contributed by atoms with Crippen molar-refractivity contribution in [1.29, 1.82) is 0 Å². The summed E-state index contributed by atoms with van der Waals surface area (Å²) in [5.74, 6) is 0. The molecule has 8 aromatic rings. The van der Waals surface area contributed by atoms with Crippen molar-refractivity contribution in [3.05, 3.63) is 158 Å². The maximum absolute atomic E-state index is 5.10. The van der Waals surface area contributed by atoms with Crippen LogP contribution in [0.3, 0.4) is 0 Å². The Kier molecular flexibility index (Phi) is 6.39. The number of nitrogens with one attached hydrogen (secondary N) is 1. The maximum Gasteiger partial charge on any atom is 0.0716 e. The highest BCUT2D eigenvalue weighted by molar-refractivity contribution is 7.99. The Balaban J connectivity index is 1.10. The minimum atomic E-state index is 0.967. The van der Waals surface area contributed by atoms with E-state index in [-0.39, 0.29) is 0 Å². The van der Waals surface area contributed by atoms with E-state index in [2.05, 4.69) is 163 Å². The lowest BCUT2D eigenvalue weighted by Crippen LogP contribution is -2.01. The molecule has 1 aliphatic rings. The molecule has 3 nitrogen and oxygen atoms in total. The second-order valence-electron chi connectivity index (χ2n) is 11.5. The molecule has 0 bridgehead atoms. The van der Waals surface area contributed by atoms with Crippen LogP contribution in [0.2, 0.25) is 0 Å². The van der Waals surface area contributed by atoms with Crippen molar-refractivity contribution in [2.45, 2.75) is 9.79 Å². The van der Waals surface area contributed by atoms with Crippen LogP contribution >= 0.6 is 11.8 Å². The molecule has 3 heterocycles. The molecule has 9 rings (SSSR count). The number of hydrogen-bond donors (Lipinski definition) is 1. The SMILES string of the molecule is c1ccc(-c2cc(-c3ccc4c(c3)Sc3cc(-c5cc(-c6ccccc6)c6ccccc6n5)ccc3N4)nc3ccccc23)cc1. The van der Waals surface area contributed by atoms with Crippen molar-refractivity contribution in [2.24, 2.45) is 0 Å². The first-order valence-electron chi connectivity index (χ1n) is 15.4. The molecule has 0 saturated carbocycles. The molecule has 0 radical (unpaired) electrons. The zero-order chi connectivity index (χ0) is 30.5. The molecule has 216 valence electrons. The summed E-state index contributed by atoms with van der Waals surface area (Å²) in [5, 5.41) is 5.99. The smallest absolute Gasteiger partial charge is 0.0716 e. The van der Waals surface area contributed by atoms with Gasteiger partial charge in [0.15, 0.2) is 0 Å². The van der Waals surface area contributed by atoms with Crippen molar-refractivity contribution in [3.8, 4) is 44.8 Å². The lowest BCUT2D eigenvalue weighted by atomic mass is 9.98. The Labute approximate surface area is 271 Å². The van der Waals surface area contributed by atoms with Gasteiger partial charge in [-0.2, -0.15) is 0 Å². The summed E-state index contributed by atoms with van der Waals surface area (Å²) in [4.78, 5) is 12.5. The highest BCUT2D eigenvalue weighted by Crippen LogP contribution is 2.47. The maximum atomic E-state index is 5.10. The molecule has 0 saturated heterocycles. The number of anilines is 2. The second-order valence-corrected chi connectivity index (χ2v) is 12.6. The fraction of sp³-hybridized carbons (Fsp3) is 0. The van der Waals surface area contributed by atoms with Gasteiger partial charge in [0.25, 0.3) is 0 Å². The zero-order valence-electron chi connectivity index (χ0n) is 24.8. The normalized spacial score (nSPS) is 12.0. The predicted octanol–water partition coefficient (Wildman–Crippen LogP) is 11.7. The predicted molar refractivity (Wildman–Crippen MR) is 193 cm³/mol. The van der Waals surface area contributed by atoms with Crippen molar-refractivity contribution in [2.75, 3.05) is 5.32 Å². The third-order valence-electron chi connectivity index (χ3n) is 8.65. The Morgan fingerprint density at radius 1 is 0.391 bits per heavy atom. The minimum absolute atomic E-state index is 0.967. The molecule has 6 aromatic carbocycles. The van der Waals surface area contributed by atoms with Crippen LogP contribution in [0.25, 0.3) is 66.6 Å². The van der Waals surface area contributed by atoms with Gasteiger partial charge in [-0.15, -0.1) is 0 Å². The first-order chi connectivity index (χ1) is 22.8. The number of aromatic nitrogens is 2. The van der Waals surface area contributed by atoms with E-state index < -0.39 is 0 Å². The lowest BCUT2D eigenvalue weighted by molar-refractivity contribution is 1.30. The third-order valence-corrected chi connectivity index (χ3v) is 9.76. The van der Waals surface area contributed by atoms with E-state index in [4.69, 9.17) is 9.97 Å². The summed E-state index contributed by atoms with van der Waals surface area (Å²) < 4.78 is 0. The average molecular weight is 606 g/mol. The van der Waals surface area contributed by atoms with Gasteiger partial charge in [0.1, 0.15) is 0 Å². The number of benzene rings is 6. The first kappa shape index (κ1) is 26.7. The van der Waals surface area contributed by atoms with Gasteiger partial charge in [-0.25, -0.2) is 9.97 Å². The number of rotatable bonds is 4. The van der Waals surface area contributed by atoms with Crippen molar-refractivity contribution >= 4 is 44.9 Å². The molecule has 4 heteroatoms. The van der Waals surface area contributed by atoms with Crippen LogP contribution in [0.4, 0.5) is 11.4 Å². The highest BCUT2D eigenvalue weighted by Gasteiger charge is 2.19. The Bertz CT molecular complexity index is 2250. The van der Waals surface area contributed by atoms with Crippen LogP contribution in [0.1, 0.15) is 0 Å². The van der Waals surface area contributed by atoms with E-state index in [1.807, 2.05) is 0 Å². The molecule has 0 spiro atoms. The molecule has 1 N–H and O–H groups in total. The number of pyridine rings is 2. The van der Waals surface area contributed by atoms with E-state index in [1.54, 1.807) is 11.8 Å². The molecule has 2 aromatic heterocycles. The Morgan fingerprint density at radius 2 is 0.826 bits per heavy atom. The van der Waals surface area contributed by atoms with E-state index in [9.17, 15) is 0 Å². The fourth-order valence-corrected chi connectivity index (χ4v) is 7.43. The van der Waals surface area contributed by atoms with E-state index in [0.29, 0.717) is 0 Å². The van der Waals surface area contributed by atoms with Crippen molar-refractivity contribution < 1.29 is 0 Å². The molecule has 0 amide bonds. The Hall–Kier alpha value is -5.71. The number of hydrogen-bond acceptors (Lipinski definition) is 4. The molecular weight excluding hydrogens is 579 g/mol. The van der Waals surface area contributed by atoms with Gasteiger partial charge in [-0.05, 0) is 70.8 Å². The van der Waals surface area contributed by atoms with Crippen molar-refractivity contribution in [3.63, 3.8) is 0 Å². The monoisotopic (exact) mass is 605 g/mol. The van der Waals surface area contributed by atoms with Gasteiger partial charge >= 0.3 is 0 Å². The first-order valence-corrected chi connectivity index (χ1v) is 16.2. The summed E-state index contributed by atoms with van der Waals surface area (Å²) in [6.07, 6.45) is 0. The molecule has 0 unspecified atom stereocenters. The standard InChI is InChI=1S/C42H27N3S/c1-3-11-27(12-4-1)33-25-39(43-35-17-9-7-15-31(33)35)29-19-21-37-41(23-29)46-42-24-30(20-22-38(42)45-37)40-26-34(28-13-5-2-6-14-28)32-16-8-10-18-36(32)44-40/h1-26,45H. The summed E-state index contributed by atoms with van der Waals surface area (Å²) >= 11 is 1.79. The molecule has 1 aliphatic heterocycles. The van der Waals surface area contributed by atoms with E-state index >= 15 is 0 Å². The molecular formula is C42H27N3S. The van der Waals surface area contributed by atoms with Crippen LogP contribution in [0.15, 0.2) is 168 Å². The van der Waals surface area contributed by atoms with Crippen LogP contribution < -0.4 is 5.32 Å². The second kappa shape index (κ2) is 11.0. The number of para-hydroxylation sites is 2. The van der Waals surface area contributed by atoms with Gasteiger partial charge in [0.05, 0.1) is 33.8 Å². The van der Waals surface area contributed by atoms with Crippen LogP contribution in [0, 0.1) is 0 Å². The van der Waals surface area contributed by atoms with Gasteiger partial charge in [0, 0.05) is 31.7 Å². The Morgan fingerprint density at radius 3 is 1.30 bits per heavy atom. The summed E-state index contributed by atoms with van der Waals surface area (Å²) in [6.45, 7) is 0. The largest absolute Gasteiger partial charge is 0.354 e. The van der Waals surface area contributed by atoms with Gasteiger partial charge in [-0.1, -0.05) is 121 Å². The third kappa shape index (κ3) is 4.71. The van der Waals surface area contributed by atoms with Gasteiger partial charge in [-0.3, -0.25) is 0 Å². The van der Waals surface area contributed by atoms with E-state index in [0.717, 1.165) is 55.7 Å². The molecule has 46 heavy (non-hydrogen) atoms. The van der Waals surface area contributed by atoms with Gasteiger partial charge < -0.3 is 5.32 Å². The average Bonchev–Trinajstić information content (AvgIpc) is 3.13. The minimum Gasteiger partial charge on any atom is -0.354 e. The lowest BCUT2D eigenvalue weighted by Gasteiger charge is -2.22. The quantitative estimate of drug-likeness (QED) is 0.217. The molecule has 0 atom stereocenters. The van der Waals surface area contributed by atoms with Crippen LogP contribution in [-0.4, -0.2) is 9.97 Å². The summed E-state index contributed by atoms with van der Waals surface area (Å²) in [7, 11) is 0. The van der Waals surface area contributed by atoms with Crippen molar-refractivity contribution in [1.82, 2.24) is 9.97 Å². The van der Waals surface area contributed by atoms with E-state index in [1.165, 1.54) is 32.0 Å². The molecule has 0 aliphatic carbocycles. The van der Waals surface area contributed by atoms with Crippen LogP contribution in [-0.2, 0) is 0 Å². The topological polar surface area (TPSA) is 37.8 Å². The number of fused-ring (bicyclic) bond motifs is 4. The zero-order valence-corrected chi connectivity index (χ0v) is 25.6. The highest BCUT2D eigenvalue weighted by atomic mass is 32.2. The summed E-state index contributed by atoms with van der Waals surface area (Å²) in [5.41, 5.74) is 13.1. The molecule has 0 fully saturated rings. The van der Waals surface area contributed by atoms with Gasteiger partial charge in [0.2, 0.25) is 0 Å². The fourth-order valence-electron chi connectivity index (χ4n) is 6.36. The summed E-state index contributed by atoms with van der Waals surface area (Å²) in [6, 6.07) is 55.6. The number of nitrogens with zero attached hydrogens (tertiary/aromatic N) is 2.